The molecule has 0 radical (unpaired) electrons. The van der Waals surface area contributed by atoms with Crippen molar-refractivity contribution >= 4 is 22.0 Å². The topological polar surface area (TPSA) is 64.6 Å². The molecule has 0 saturated heterocycles. The van der Waals surface area contributed by atoms with E-state index < -0.39 is 5.60 Å². The Hall–Kier alpha value is -2.15. The van der Waals surface area contributed by atoms with Crippen LogP contribution in [0.3, 0.4) is 0 Å². The molecule has 1 amide bonds. The number of halogens is 1. The van der Waals surface area contributed by atoms with Gasteiger partial charge in [0, 0.05) is 23.0 Å². The zero-order chi connectivity index (χ0) is 20.5. The monoisotopic (exact) mass is 447 g/mol. The fourth-order valence-corrected chi connectivity index (χ4v) is 3.34. The molecule has 1 aromatic heterocycles. The maximum absolute atomic E-state index is 12.5. The van der Waals surface area contributed by atoms with E-state index in [2.05, 4.69) is 20.9 Å². The van der Waals surface area contributed by atoms with Gasteiger partial charge in [-0.2, -0.15) is 4.98 Å². The molecule has 0 bridgehead atoms. The summed E-state index contributed by atoms with van der Waals surface area (Å²) in [6, 6.07) is 7.87. The van der Waals surface area contributed by atoms with Crippen molar-refractivity contribution in [3.8, 4) is 17.3 Å². The van der Waals surface area contributed by atoms with Crippen LogP contribution in [0.1, 0.15) is 45.9 Å². The highest BCUT2D eigenvalue weighted by Gasteiger charge is 2.29. The number of aromatic nitrogens is 2. The number of hydrogen-bond acceptors (Lipinski definition) is 5. The van der Waals surface area contributed by atoms with Crippen molar-refractivity contribution in [1.82, 2.24) is 14.9 Å². The molecular formula is C21H26BrN3O3. The third-order valence-corrected chi connectivity index (χ3v) is 4.60. The first-order valence-corrected chi connectivity index (χ1v) is 10.2. The predicted molar refractivity (Wildman–Crippen MR) is 111 cm³/mol. The molecule has 28 heavy (non-hydrogen) atoms. The van der Waals surface area contributed by atoms with E-state index in [0.717, 1.165) is 21.3 Å². The van der Waals surface area contributed by atoms with Crippen LogP contribution in [0, 0.1) is 0 Å². The maximum Gasteiger partial charge on any atom is 0.410 e. The van der Waals surface area contributed by atoms with Crippen LogP contribution >= 0.6 is 15.9 Å². The largest absolute Gasteiger partial charge is 0.475 e. The number of ether oxygens (including phenoxy) is 2. The molecule has 2 heterocycles. The third-order valence-electron chi connectivity index (χ3n) is 4.10. The summed E-state index contributed by atoms with van der Waals surface area (Å²) in [6.45, 7) is 10.4. The number of hydrogen-bond donors (Lipinski definition) is 0. The zero-order valence-corrected chi connectivity index (χ0v) is 18.5. The van der Waals surface area contributed by atoms with E-state index in [1.807, 2.05) is 58.9 Å². The SMILES string of the molecule is CC(C)Oc1nc(-c2cccc(Br)c2)nc2c1CN(C(=O)OC(C)(C)C)CC2. The Morgan fingerprint density at radius 1 is 1.25 bits per heavy atom. The summed E-state index contributed by atoms with van der Waals surface area (Å²) in [5.74, 6) is 1.16. The second-order valence-electron chi connectivity index (χ2n) is 8.11. The molecule has 1 aliphatic rings. The highest BCUT2D eigenvalue weighted by atomic mass is 79.9. The Morgan fingerprint density at radius 3 is 2.64 bits per heavy atom. The van der Waals surface area contributed by atoms with Crippen molar-refractivity contribution in [2.45, 2.75) is 59.3 Å². The van der Waals surface area contributed by atoms with Crippen LogP contribution in [0.15, 0.2) is 28.7 Å². The molecule has 0 saturated carbocycles. The van der Waals surface area contributed by atoms with Crippen LogP contribution in [0.4, 0.5) is 4.79 Å². The van der Waals surface area contributed by atoms with Gasteiger partial charge in [-0.1, -0.05) is 28.1 Å². The molecule has 0 N–H and O–H groups in total. The highest BCUT2D eigenvalue weighted by Crippen LogP contribution is 2.30. The van der Waals surface area contributed by atoms with E-state index in [1.54, 1.807) is 4.90 Å². The summed E-state index contributed by atoms with van der Waals surface area (Å²) < 4.78 is 12.5. The number of amides is 1. The maximum atomic E-state index is 12.5. The normalized spacial score (nSPS) is 14.0. The highest BCUT2D eigenvalue weighted by molar-refractivity contribution is 9.10. The van der Waals surface area contributed by atoms with E-state index in [1.165, 1.54) is 0 Å². The first-order chi connectivity index (χ1) is 13.1. The number of rotatable bonds is 3. The first-order valence-electron chi connectivity index (χ1n) is 9.42. The smallest absolute Gasteiger partial charge is 0.410 e. The van der Waals surface area contributed by atoms with Crippen molar-refractivity contribution in [3.05, 3.63) is 40.0 Å². The van der Waals surface area contributed by atoms with Gasteiger partial charge in [-0.05, 0) is 46.8 Å². The molecule has 0 fully saturated rings. The van der Waals surface area contributed by atoms with Gasteiger partial charge in [0.2, 0.25) is 5.88 Å². The average molecular weight is 448 g/mol. The Morgan fingerprint density at radius 2 is 2.00 bits per heavy atom. The molecule has 3 rings (SSSR count). The summed E-state index contributed by atoms with van der Waals surface area (Å²) >= 11 is 3.50. The molecule has 0 atom stereocenters. The lowest BCUT2D eigenvalue weighted by molar-refractivity contribution is 0.0220. The second-order valence-corrected chi connectivity index (χ2v) is 9.02. The fourth-order valence-electron chi connectivity index (χ4n) is 2.94. The standard InChI is InChI=1S/C21H26BrN3O3/c1-13(2)27-19-16-12-25(20(26)28-21(3,4)5)10-9-17(16)23-18(24-19)14-7-6-8-15(22)11-14/h6-8,11,13H,9-10,12H2,1-5H3. The number of carbonyl (C=O) groups excluding carboxylic acids is 1. The van der Waals surface area contributed by atoms with Crippen LogP contribution in [0.2, 0.25) is 0 Å². The Bertz CT molecular complexity index is 878. The van der Waals surface area contributed by atoms with Gasteiger partial charge >= 0.3 is 6.09 Å². The summed E-state index contributed by atoms with van der Waals surface area (Å²) in [6.07, 6.45) is 0.267. The second kappa shape index (κ2) is 8.07. The molecular weight excluding hydrogens is 422 g/mol. The molecule has 2 aromatic rings. The number of nitrogens with zero attached hydrogens (tertiary/aromatic N) is 3. The van der Waals surface area contributed by atoms with E-state index in [9.17, 15) is 4.79 Å². The Balaban J connectivity index is 1.95. The summed E-state index contributed by atoms with van der Waals surface area (Å²) in [4.78, 5) is 23.6. The van der Waals surface area contributed by atoms with E-state index in [0.29, 0.717) is 31.2 Å². The van der Waals surface area contributed by atoms with Crippen molar-refractivity contribution in [2.75, 3.05) is 6.54 Å². The third kappa shape index (κ3) is 5.01. The molecule has 0 spiro atoms. The summed E-state index contributed by atoms with van der Waals surface area (Å²) in [5, 5.41) is 0. The number of carbonyl (C=O) groups is 1. The minimum absolute atomic E-state index is 0.0359. The van der Waals surface area contributed by atoms with Crippen LogP contribution in [-0.2, 0) is 17.7 Å². The van der Waals surface area contributed by atoms with Gasteiger partial charge in [-0.15, -0.1) is 0 Å². The molecule has 6 nitrogen and oxygen atoms in total. The number of benzene rings is 1. The van der Waals surface area contributed by atoms with Crippen LogP contribution < -0.4 is 4.74 Å². The van der Waals surface area contributed by atoms with Crippen molar-refractivity contribution < 1.29 is 14.3 Å². The fraction of sp³-hybridized carbons (Fsp3) is 0.476. The molecule has 7 heteroatoms. The molecule has 1 aromatic carbocycles. The molecule has 150 valence electrons. The van der Waals surface area contributed by atoms with E-state index >= 15 is 0 Å². The molecule has 0 aliphatic carbocycles. The minimum Gasteiger partial charge on any atom is -0.475 e. The van der Waals surface area contributed by atoms with E-state index in [4.69, 9.17) is 14.5 Å². The predicted octanol–water partition coefficient (Wildman–Crippen LogP) is 4.99. The van der Waals surface area contributed by atoms with Crippen molar-refractivity contribution in [3.63, 3.8) is 0 Å². The van der Waals surface area contributed by atoms with Gasteiger partial charge in [0.25, 0.3) is 0 Å². The number of fused-ring (bicyclic) bond motifs is 1. The van der Waals surface area contributed by atoms with Gasteiger partial charge in [0.15, 0.2) is 5.82 Å². The Kier molecular flexibility index (Phi) is 5.93. The quantitative estimate of drug-likeness (QED) is 0.662. The molecule has 0 unspecified atom stereocenters. The van der Waals surface area contributed by atoms with Crippen LogP contribution in [0.25, 0.3) is 11.4 Å². The average Bonchev–Trinajstić information content (AvgIpc) is 2.59. The van der Waals surface area contributed by atoms with Gasteiger partial charge in [0.1, 0.15) is 5.60 Å². The lowest BCUT2D eigenvalue weighted by atomic mass is 10.1. The van der Waals surface area contributed by atoms with E-state index in [-0.39, 0.29) is 12.2 Å². The lowest BCUT2D eigenvalue weighted by Gasteiger charge is -2.31. The molecule has 1 aliphatic heterocycles. The van der Waals surface area contributed by atoms with Crippen LogP contribution in [0.5, 0.6) is 5.88 Å². The van der Waals surface area contributed by atoms with Crippen molar-refractivity contribution in [1.29, 1.82) is 0 Å². The minimum atomic E-state index is -0.532. The van der Waals surface area contributed by atoms with Gasteiger partial charge in [-0.25, -0.2) is 9.78 Å². The van der Waals surface area contributed by atoms with Gasteiger partial charge < -0.3 is 14.4 Å². The Labute approximate surface area is 174 Å². The zero-order valence-electron chi connectivity index (χ0n) is 17.0. The van der Waals surface area contributed by atoms with Crippen molar-refractivity contribution in [2.24, 2.45) is 0 Å². The summed E-state index contributed by atoms with van der Waals surface area (Å²) in [5.41, 5.74) is 2.15. The van der Waals surface area contributed by atoms with Gasteiger partial charge in [0.05, 0.1) is 23.9 Å². The lowest BCUT2D eigenvalue weighted by Crippen LogP contribution is -2.40. The summed E-state index contributed by atoms with van der Waals surface area (Å²) in [7, 11) is 0. The van der Waals surface area contributed by atoms with Crippen LogP contribution in [-0.4, -0.2) is 39.2 Å². The first kappa shape index (κ1) is 20.6. The van der Waals surface area contributed by atoms with Gasteiger partial charge in [-0.3, -0.25) is 0 Å².